The molecule has 0 heterocycles. The summed E-state index contributed by atoms with van der Waals surface area (Å²) in [4.78, 5) is 4.71. The summed E-state index contributed by atoms with van der Waals surface area (Å²) in [6, 6.07) is 69.5. The van der Waals surface area contributed by atoms with Gasteiger partial charge < -0.3 is 9.80 Å². The maximum Gasteiger partial charge on any atom is 0.0540 e. The van der Waals surface area contributed by atoms with Crippen LogP contribution >= 0.6 is 0 Å². The molecule has 2 heteroatoms. The Kier molecular flexibility index (Phi) is 7.67. The van der Waals surface area contributed by atoms with E-state index in [0.29, 0.717) is 0 Å². The monoisotopic (exact) mass is 602 g/mol. The van der Waals surface area contributed by atoms with Gasteiger partial charge in [-0.05, 0) is 89.0 Å². The lowest BCUT2D eigenvalue weighted by Crippen LogP contribution is -2.10. The van der Waals surface area contributed by atoms with Gasteiger partial charge in [-0.25, -0.2) is 0 Å². The van der Waals surface area contributed by atoms with Gasteiger partial charge in [-0.1, -0.05) is 133 Å². The predicted molar refractivity (Wildman–Crippen MR) is 200 cm³/mol. The van der Waals surface area contributed by atoms with Gasteiger partial charge in [-0.15, -0.1) is 0 Å². The normalized spacial score (nSPS) is 11.1. The van der Waals surface area contributed by atoms with E-state index in [1.165, 1.54) is 44.0 Å². The second-order valence-corrected chi connectivity index (χ2v) is 11.8. The first-order valence-electron chi connectivity index (χ1n) is 16.2. The number of anilines is 6. The van der Waals surface area contributed by atoms with Crippen LogP contribution in [0.15, 0.2) is 194 Å². The van der Waals surface area contributed by atoms with E-state index >= 15 is 0 Å². The molecule has 8 aromatic carbocycles. The molecule has 0 radical (unpaired) electrons. The van der Waals surface area contributed by atoms with Gasteiger partial charge in [0.05, 0.1) is 11.4 Å². The highest BCUT2D eigenvalue weighted by Gasteiger charge is 2.16. The largest absolute Gasteiger partial charge is 0.310 e. The number of rotatable bonds is 8. The van der Waals surface area contributed by atoms with Gasteiger partial charge in [0.25, 0.3) is 0 Å². The Morgan fingerprint density at radius 1 is 0.277 bits per heavy atom. The molecule has 0 unspecified atom stereocenters. The molecule has 0 saturated carbocycles. The molecule has 0 bridgehead atoms. The molecule has 8 aromatic rings. The van der Waals surface area contributed by atoms with Crippen molar-refractivity contribution in [3.63, 3.8) is 0 Å². The summed E-state index contributed by atoms with van der Waals surface area (Å²) >= 11 is 0. The summed E-state index contributed by atoms with van der Waals surface area (Å²) < 4.78 is 0. The van der Waals surface area contributed by atoms with Crippen molar-refractivity contribution in [2.75, 3.05) is 9.80 Å². The van der Waals surface area contributed by atoms with Crippen molar-refractivity contribution in [3.8, 4) is 0 Å². The fraction of sp³-hybridized carbons (Fsp3) is 0.0222. The van der Waals surface area contributed by atoms with Crippen molar-refractivity contribution in [3.05, 3.63) is 205 Å². The standard InChI is InChI=1S/C45H34N2/c1-3-17-38(18-4-1)46(44-23-11-15-36-13-7-9-21-42(36)44)40-29-25-34(26-30-40)33-35-27-31-41(32-28-35)47(39-19-5-2-6-20-39)45-24-12-16-37-14-8-10-22-43(37)45/h1-32H,33H2. The molecule has 224 valence electrons. The zero-order valence-electron chi connectivity index (χ0n) is 26.1. The van der Waals surface area contributed by atoms with E-state index in [9.17, 15) is 0 Å². The zero-order chi connectivity index (χ0) is 31.4. The first-order chi connectivity index (χ1) is 23.3. The highest BCUT2D eigenvalue weighted by Crippen LogP contribution is 2.40. The van der Waals surface area contributed by atoms with Crippen LogP contribution in [0.5, 0.6) is 0 Å². The summed E-state index contributed by atoms with van der Waals surface area (Å²) in [6.07, 6.45) is 0.861. The van der Waals surface area contributed by atoms with Gasteiger partial charge in [-0.3, -0.25) is 0 Å². The van der Waals surface area contributed by atoms with Gasteiger partial charge in [0.15, 0.2) is 0 Å². The lowest BCUT2D eigenvalue weighted by Gasteiger charge is -2.27. The summed E-state index contributed by atoms with van der Waals surface area (Å²) in [7, 11) is 0. The van der Waals surface area contributed by atoms with Gasteiger partial charge in [0.1, 0.15) is 0 Å². The Morgan fingerprint density at radius 3 is 1.04 bits per heavy atom. The third-order valence-electron chi connectivity index (χ3n) is 8.84. The molecule has 47 heavy (non-hydrogen) atoms. The van der Waals surface area contributed by atoms with Gasteiger partial charge in [0.2, 0.25) is 0 Å². The number of fused-ring (bicyclic) bond motifs is 2. The van der Waals surface area contributed by atoms with E-state index in [0.717, 1.165) is 29.2 Å². The summed E-state index contributed by atoms with van der Waals surface area (Å²) in [6.45, 7) is 0. The molecule has 0 aromatic heterocycles. The third kappa shape index (κ3) is 5.74. The predicted octanol–water partition coefficient (Wildman–Crippen LogP) is 12.5. The van der Waals surface area contributed by atoms with Crippen LogP contribution in [0.3, 0.4) is 0 Å². The summed E-state index contributed by atoms with van der Waals surface area (Å²) in [5.74, 6) is 0. The van der Waals surface area contributed by atoms with Gasteiger partial charge in [0, 0.05) is 33.5 Å². The maximum atomic E-state index is 2.35. The molecule has 0 aliphatic rings. The van der Waals surface area contributed by atoms with Gasteiger partial charge in [-0.2, -0.15) is 0 Å². The molecule has 0 aliphatic heterocycles. The van der Waals surface area contributed by atoms with Crippen molar-refractivity contribution < 1.29 is 0 Å². The summed E-state index contributed by atoms with van der Waals surface area (Å²) in [5, 5.41) is 4.93. The van der Waals surface area contributed by atoms with Crippen molar-refractivity contribution >= 4 is 55.7 Å². The molecule has 2 nitrogen and oxygen atoms in total. The van der Waals surface area contributed by atoms with Crippen LogP contribution in [0, 0.1) is 0 Å². The zero-order valence-corrected chi connectivity index (χ0v) is 26.1. The van der Waals surface area contributed by atoms with E-state index in [2.05, 4.69) is 204 Å². The molecule has 0 N–H and O–H groups in total. The number of para-hydroxylation sites is 2. The fourth-order valence-corrected chi connectivity index (χ4v) is 6.58. The summed E-state index contributed by atoms with van der Waals surface area (Å²) in [5.41, 5.74) is 9.46. The van der Waals surface area contributed by atoms with E-state index in [1.807, 2.05) is 0 Å². The Morgan fingerprint density at radius 2 is 0.617 bits per heavy atom. The SMILES string of the molecule is c1ccc(N(c2ccc(Cc3ccc(N(c4ccccc4)c4cccc5ccccc45)cc3)cc2)c2cccc3ccccc23)cc1. The van der Waals surface area contributed by atoms with Crippen molar-refractivity contribution in [2.45, 2.75) is 6.42 Å². The quantitative estimate of drug-likeness (QED) is 0.171. The highest BCUT2D eigenvalue weighted by molar-refractivity contribution is 6.00. The average molecular weight is 603 g/mol. The Labute approximate surface area is 276 Å². The van der Waals surface area contributed by atoms with Crippen molar-refractivity contribution in [2.24, 2.45) is 0 Å². The van der Waals surface area contributed by atoms with E-state index < -0.39 is 0 Å². The van der Waals surface area contributed by atoms with Crippen molar-refractivity contribution in [1.29, 1.82) is 0 Å². The van der Waals surface area contributed by atoms with E-state index in [1.54, 1.807) is 0 Å². The lowest BCUT2D eigenvalue weighted by molar-refractivity contribution is 1.18. The van der Waals surface area contributed by atoms with E-state index in [4.69, 9.17) is 0 Å². The Hall–Kier alpha value is -6.12. The van der Waals surface area contributed by atoms with Crippen LogP contribution in [0.25, 0.3) is 21.5 Å². The third-order valence-corrected chi connectivity index (χ3v) is 8.84. The minimum Gasteiger partial charge on any atom is -0.310 e. The number of hydrogen-bond acceptors (Lipinski definition) is 2. The number of nitrogens with zero attached hydrogens (tertiary/aromatic N) is 2. The number of benzene rings is 8. The molecule has 0 fully saturated rings. The fourth-order valence-electron chi connectivity index (χ4n) is 6.58. The van der Waals surface area contributed by atoms with Crippen molar-refractivity contribution in [1.82, 2.24) is 0 Å². The minimum atomic E-state index is 0.861. The second kappa shape index (κ2) is 12.7. The molecule has 0 aliphatic carbocycles. The van der Waals surface area contributed by atoms with Crippen LogP contribution in [-0.4, -0.2) is 0 Å². The maximum absolute atomic E-state index is 2.35. The molecule has 0 amide bonds. The Balaban J connectivity index is 1.10. The van der Waals surface area contributed by atoms with Crippen LogP contribution in [0.4, 0.5) is 34.1 Å². The molecule has 0 atom stereocenters. The molecule has 8 rings (SSSR count). The first kappa shape index (κ1) is 28.4. The lowest BCUT2D eigenvalue weighted by atomic mass is 10.0. The topological polar surface area (TPSA) is 6.48 Å². The number of hydrogen-bond donors (Lipinski definition) is 0. The molecule has 0 spiro atoms. The van der Waals surface area contributed by atoms with Crippen LogP contribution < -0.4 is 9.80 Å². The molecular formula is C45H34N2. The molecular weight excluding hydrogens is 569 g/mol. The second-order valence-electron chi connectivity index (χ2n) is 11.8. The minimum absolute atomic E-state index is 0.861. The Bertz CT molecular complexity index is 2080. The van der Waals surface area contributed by atoms with Gasteiger partial charge >= 0.3 is 0 Å². The highest BCUT2D eigenvalue weighted by atomic mass is 15.1. The van der Waals surface area contributed by atoms with Crippen LogP contribution in [0.1, 0.15) is 11.1 Å². The smallest absolute Gasteiger partial charge is 0.0540 e. The average Bonchev–Trinajstić information content (AvgIpc) is 3.14. The van der Waals surface area contributed by atoms with Crippen LogP contribution in [0.2, 0.25) is 0 Å². The van der Waals surface area contributed by atoms with Crippen LogP contribution in [-0.2, 0) is 6.42 Å². The van der Waals surface area contributed by atoms with E-state index in [-0.39, 0.29) is 0 Å². The molecule has 0 saturated heterocycles. The first-order valence-corrected chi connectivity index (χ1v) is 16.2.